The average molecular weight is 158 g/mol. The van der Waals surface area contributed by atoms with Gasteiger partial charge in [-0.25, -0.2) is 0 Å². The maximum Gasteiger partial charge on any atom is 0.0636 e. The topological polar surface area (TPSA) is 44.3 Å². The van der Waals surface area contributed by atoms with E-state index >= 15 is 0 Å². The fourth-order valence-electron chi connectivity index (χ4n) is 1.46. The molecule has 0 aliphatic carbocycles. The molecule has 0 amide bonds. The van der Waals surface area contributed by atoms with Gasteiger partial charge in [-0.15, -0.1) is 0 Å². The van der Waals surface area contributed by atoms with Gasteiger partial charge in [0.1, 0.15) is 0 Å². The van der Waals surface area contributed by atoms with Gasteiger partial charge < -0.3 is 15.7 Å². The van der Waals surface area contributed by atoms with Crippen molar-refractivity contribution in [2.75, 3.05) is 13.1 Å². The van der Waals surface area contributed by atoms with Crippen molar-refractivity contribution in [3.8, 4) is 0 Å². The number of aliphatic hydroxyl groups excluding tert-OH is 1. The van der Waals surface area contributed by atoms with Crippen LogP contribution >= 0.6 is 0 Å². The largest absolute Gasteiger partial charge is 0.392 e. The molecule has 0 spiro atoms. The quantitative estimate of drug-likeness (QED) is 0.529. The van der Waals surface area contributed by atoms with E-state index in [1.165, 1.54) is 6.42 Å². The molecule has 1 rings (SSSR count). The monoisotopic (exact) mass is 158 g/mol. The second-order valence-electron chi connectivity index (χ2n) is 3.40. The molecule has 0 saturated carbocycles. The van der Waals surface area contributed by atoms with Gasteiger partial charge in [0, 0.05) is 18.6 Å². The summed E-state index contributed by atoms with van der Waals surface area (Å²) < 4.78 is 0. The van der Waals surface area contributed by atoms with Gasteiger partial charge in [-0.3, -0.25) is 0 Å². The summed E-state index contributed by atoms with van der Waals surface area (Å²) in [5.41, 5.74) is 0. The van der Waals surface area contributed by atoms with Crippen LogP contribution in [0.3, 0.4) is 0 Å². The smallest absolute Gasteiger partial charge is 0.0636 e. The second-order valence-corrected chi connectivity index (χ2v) is 3.40. The first-order valence-electron chi connectivity index (χ1n) is 4.35. The Morgan fingerprint density at radius 1 is 1.73 bits per heavy atom. The molecule has 1 aliphatic rings. The Morgan fingerprint density at radius 2 is 2.45 bits per heavy atom. The molecular weight excluding hydrogens is 140 g/mol. The highest BCUT2D eigenvalue weighted by molar-refractivity contribution is 4.85. The molecule has 1 saturated heterocycles. The molecule has 1 heterocycles. The molecule has 0 aromatic rings. The summed E-state index contributed by atoms with van der Waals surface area (Å²) in [6, 6.07) is 1.10. The van der Waals surface area contributed by atoms with Crippen molar-refractivity contribution in [3.63, 3.8) is 0 Å². The number of aliphatic hydroxyl groups is 1. The van der Waals surface area contributed by atoms with Gasteiger partial charge in [0.2, 0.25) is 0 Å². The predicted molar refractivity (Wildman–Crippen MR) is 45.6 cm³/mol. The number of nitrogens with one attached hydrogen (secondary N) is 2. The molecular formula is C8H18N2O. The van der Waals surface area contributed by atoms with E-state index in [0.29, 0.717) is 18.6 Å². The van der Waals surface area contributed by atoms with Gasteiger partial charge in [-0.05, 0) is 26.8 Å². The van der Waals surface area contributed by atoms with Crippen molar-refractivity contribution >= 4 is 0 Å². The van der Waals surface area contributed by atoms with Crippen molar-refractivity contribution in [1.82, 2.24) is 10.6 Å². The van der Waals surface area contributed by atoms with Gasteiger partial charge >= 0.3 is 0 Å². The molecule has 0 bridgehead atoms. The van der Waals surface area contributed by atoms with E-state index in [0.717, 1.165) is 6.54 Å². The van der Waals surface area contributed by atoms with E-state index in [1.54, 1.807) is 6.92 Å². The molecule has 3 unspecified atom stereocenters. The molecule has 11 heavy (non-hydrogen) atoms. The minimum Gasteiger partial charge on any atom is -0.392 e. The van der Waals surface area contributed by atoms with E-state index < -0.39 is 0 Å². The summed E-state index contributed by atoms with van der Waals surface area (Å²) in [5.74, 6) is 0. The molecule has 66 valence electrons. The summed E-state index contributed by atoms with van der Waals surface area (Å²) >= 11 is 0. The molecule has 1 aliphatic heterocycles. The third-order valence-corrected chi connectivity index (χ3v) is 2.20. The van der Waals surface area contributed by atoms with E-state index in [9.17, 15) is 0 Å². The molecule has 3 nitrogen and oxygen atoms in total. The van der Waals surface area contributed by atoms with Gasteiger partial charge in [0.25, 0.3) is 0 Å². The molecule has 1 fully saturated rings. The van der Waals surface area contributed by atoms with E-state index in [4.69, 9.17) is 5.11 Å². The lowest BCUT2D eigenvalue weighted by Gasteiger charge is -2.17. The lowest BCUT2D eigenvalue weighted by Crippen LogP contribution is -2.41. The van der Waals surface area contributed by atoms with Crippen molar-refractivity contribution in [1.29, 1.82) is 0 Å². The van der Waals surface area contributed by atoms with Gasteiger partial charge in [0.05, 0.1) is 6.10 Å². The number of hydrogen-bond acceptors (Lipinski definition) is 3. The summed E-state index contributed by atoms with van der Waals surface area (Å²) in [7, 11) is 0. The molecule has 0 radical (unpaired) electrons. The summed E-state index contributed by atoms with van der Waals surface area (Å²) in [4.78, 5) is 0. The lowest BCUT2D eigenvalue weighted by molar-refractivity contribution is 0.185. The van der Waals surface area contributed by atoms with Crippen LogP contribution in [0.25, 0.3) is 0 Å². The molecule has 0 aromatic carbocycles. The van der Waals surface area contributed by atoms with Crippen LogP contribution in [0.1, 0.15) is 20.3 Å². The van der Waals surface area contributed by atoms with Crippen molar-refractivity contribution in [2.45, 2.75) is 38.5 Å². The van der Waals surface area contributed by atoms with E-state index in [1.807, 2.05) is 0 Å². The highest BCUT2D eigenvalue weighted by Crippen LogP contribution is 2.05. The summed E-state index contributed by atoms with van der Waals surface area (Å²) in [5, 5.41) is 15.7. The van der Waals surface area contributed by atoms with Crippen LogP contribution in [0.15, 0.2) is 0 Å². The Balaban J connectivity index is 2.15. The average Bonchev–Trinajstić information content (AvgIpc) is 2.31. The Bertz CT molecular complexity index is 117. The highest BCUT2D eigenvalue weighted by Gasteiger charge is 2.21. The SMILES string of the molecule is CC(O)CNC1CCNC1C. The second kappa shape index (κ2) is 4.04. The third kappa shape index (κ3) is 2.77. The molecule has 3 heteroatoms. The van der Waals surface area contributed by atoms with Crippen LogP contribution in [-0.2, 0) is 0 Å². The van der Waals surface area contributed by atoms with Crippen LogP contribution in [0.2, 0.25) is 0 Å². The van der Waals surface area contributed by atoms with Gasteiger partial charge in [-0.1, -0.05) is 0 Å². The molecule has 3 N–H and O–H groups in total. The third-order valence-electron chi connectivity index (χ3n) is 2.20. The van der Waals surface area contributed by atoms with Crippen LogP contribution in [0.4, 0.5) is 0 Å². The summed E-state index contributed by atoms with van der Waals surface area (Å²) in [6.07, 6.45) is 0.941. The van der Waals surface area contributed by atoms with Crippen LogP contribution in [0.5, 0.6) is 0 Å². The number of hydrogen-bond donors (Lipinski definition) is 3. The van der Waals surface area contributed by atoms with Gasteiger partial charge in [-0.2, -0.15) is 0 Å². The zero-order chi connectivity index (χ0) is 8.27. The zero-order valence-electron chi connectivity index (χ0n) is 7.30. The Morgan fingerprint density at radius 3 is 2.91 bits per heavy atom. The van der Waals surface area contributed by atoms with E-state index in [-0.39, 0.29) is 6.10 Å². The highest BCUT2D eigenvalue weighted by atomic mass is 16.3. The number of rotatable bonds is 3. The van der Waals surface area contributed by atoms with Crippen molar-refractivity contribution < 1.29 is 5.11 Å². The Labute approximate surface area is 68.2 Å². The minimum atomic E-state index is -0.234. The minimum absolute atomic E-state index is 0.234. The standard InChI is InChI=1S/C8H18N2O/c1-6(11)5-10-8-3-4-9-7(8)2/h6-11H,3-5H2,1-2H3. The maximum atomic E-state index is 9.02. The van der Waals surface area contributed by atoms with Crippen molar-refractivity contribution in [2.24, 2.45) is 0 Å². The Hall–Kier alpha value is -0.120. The zero-order valence-corrected chi connectivity index (χ0v) is 7.30. The lowest BCUT2D eigenvalue weighted by atomic mass is 10.1. The first-order valence-corrected chi connectivity index (χ1v) is 4.35. The fourth-order valence-corrected chi connectivity index (χ4v) is 1.46. The fraction of sp³-hybridized carbons (Fsp3) is 1.00. The molecule has 3 atom stereocenters. The first-order chi connectivity index (χ1) is 5.20. The maximum absolute atomic E-state index is 9.02. The van der Waals surface area contributed by atoms with Crippen molar-refractivity contribution in [3.05, 3.63) is 0 Å². The van der Waals surface area contributed by atoms with Crippen LogP contribution in [-0.4, -0.2) is 36.4 Å². The normalized spacial score (nSPS) is 34.1. The summed E-state index contributed by atoms with van der Waals surface area (Å²) in [6.45, 7) is 5.78. The molecule has 0 aromatic heterocycles. The van der Waals surface area contributed by atoms with Crippen LogP contribution < -0.4 is 10.6 Å². The van der Waals surface area contributed by atoms with E-state index in [2.05, 4.69) is 17.6 Å². The first kappa shape index (κ1) is 8.97. The van der Waals surface area contributed by atoms with Crippen LogP contribution in [0, 0.1) is 0 Å². The Kier molecular flexibility index (Phi) is 3.30. The van der Waals surface area contributed by atoms with Gasteiger partial charge in [0.15, 0.2) is 0 Å². The predicted octanol–water partition coefficient (Wildman–Crippen LogP) is -0.293.